The van der Waals surface area contributed by atoms with Crippen LogP contribution in [0, 0.1) is 0 Å². The normalized spacial score (nSPS) is 22.0. The summed E-state index contributed by atoms with van der Waals surface area (Å²) in [4.78, 5) is 14.7. The third-order valence-electron chi connectivity index (χ3n) is 4.14. The van der Waals surface area contributed by atoms with Crippen molar-refractivity contribution in [2.75, 3.05) is 17.6 Å². The van der Waals surface area contributed by atoms with Gasteiger partial charge in [0.25, 0.3) is 0 Å². The molecule has 2 unspecified atom stereocenters. The Labute approximate surface area is 121 Å². The van der Waals surface area contributed by atoms with Crippen LogP contribution in [0.3, 0.4) is 0 Å². The monoisotopic (exact) mass is 275 g/mol. The Balaban J connectivity index is 2.00. The van der Waals surface area contributed by atoms with Crippen LogP contribution in [0.25, 0.3) is 0 Å². The Kier molecular flexibility index (Phi) is 5.01. The molecule has 4 nitrogen and oxygen atoms in total. The van der Waals surface area contributed by atoms with Crippen LogP contribution in [0.15, 0.2) is 24.3 Å². The molecule has 1 saturated heterocycles. The van der Waals surface area contributed by atoms with Gasteiger partial charge in [-0.05, 0) is 51.4 Å². The van der Waals surface area contributed by atoms with E-state index in [-0.39, 0.29) is 11.9 Å². The molecule has 1 aromatic carbocycles. The number of nitrogen functional groups attached to an aromatic ring is 1. The predicted molar refractivity (Wildman–Crippen MR) is 83.6 cm³/mol. The maximum absolute atomic E-state index is 12.4. The van der Waals surface area contributed by atoms with Gasteiger partial charge < -0.3 is 11.1 Å². The fraction of sp³-hybridized carbons (Fsp3) is 0.562. The van der Waals surface area contributed by atoms with Gasteiger partial charge in [-0.25, -0.2) is 0 Å². The summed E-state index contributed by atoms with van der Waals surface area (Å²) in [6, 6.07) is 7.69. The summed E-state index contributed by atoms with van der Waals surface area (Å²) >= 11 is 0. The molecule has 0 saturated carbocycles. The van der Waals surface area contributed by atoms with E-state index >= 15 is 0 Å². The lowest BCUT2D eigenvalue weighted by atomic mass is 10.1. The van der Waals surface area contributed by atoms with Crippen molar-refractivity contribution in [2.45, 2.75) is 51.6 Å². The number of hydrogen-bond donors (Lipinski definition) is 2. The molecule has 1 amide bonds. The number of amides is 1. The number of likely N-dealkylation sites (tertiary alicyclic amines) is 1. The molecule has 1 fully saturated rings. The van der Waals surface area contributed by atoms with Gasteiger partial charge in [-0.2, -0.15) is 0 Å². The minimum absolute atomic E-state index is 0.0457. The molecule has 0 radical (unpaired) electrons. The van der Waals surface area contributed by atoms with Gasteiger partial charge in [0, 0.05) is 17.4 Å². The summed E-state index contributed by atoms with van der Waals surface area (Å²) in [5.41, 5.74) is 7.17. The van der Waals surface area contributed by atoms with Crippen LogP contribution in [-0.4, -0.2) is 29.4 Å². The summed E-state index contributed by atoms with van der Waals surface area (Å²) in [5, 5.41) is 2.96. The van der Waals surface area contributed by atoms with Gasteiger partial charge in [0.2, 0.25) is 5.91 Å². The lowest BCUT2D eigenvalue weighted by molar-refractivity contribution is -0.121. The SMILES string of the molecule is CC1CCCCCN1C(C)C(=O)Nc1cccc(N)c1. The Hall–Kier alpha value is -1.55. The van der Waals surface area contributed by atoms with Crippen molar-refractivity contribution >= 4 is 17.3 Å². The lowest BCUT2D eigenvalue weighted by Gasteiger charge is -2.32. The zero-order valence-corrected chi connectivity index (χ0v) is 12.4. The molecular weight excluding hydrogens is 250 g/mol. The van der Waals surface area contributed by atoms with E-state index in [1.165, 1.54) is 25.7 Å². The highest BCUT2D eigenvalue weighted by molar-refractivity contribution is 5.94. The number of anilines is 2. The van der Waals surface area contributed by atoms with E-state index in [1.807, 2.05) is 25.1 Å². The topological polar surface area (TPSA) is 58.4 Å². The summed E-state index contributed by atoms with van der Waals surface area (Å²) in [6.07, 6.45) is 4.89. The van der Waals surface area contributed by atoms with E-state index < -0.39 is 0 Å². The number of nitrogens with zero attached hydrogens (tertiary/aromatic N) is 1. The van der Waals surface area contributed by atoms with Gasteiger partial charge in [0.05, 0.1) is 6.04 Å². The molecular formula is C16H25N3O. The highest BCUT2D eigenvalue weighted by Crippen LogP contribution is 2.20. The van der Waals surface area contributed by atoms with Crippen molar-refractivity contribution in [1.29, 1.82) is 0 Å². The van der Waals surface area contributed by atoms with Crippen molar-refractivity contribution in [3.8, 4) is 0 Å². The van der Waals surface area contributed by atoms with Gasteiger partial charge in [-0.15, -0.1) is 0 Å². The lowest BCUT2D eigenvalue weighted by Crippen LogP contribution is -2.46. The first-order valence-electron chi connectivity index (χ1n) is 7.50. The van der Waals surface area contributed by atoms with Crippen molar-refractivity contribution in [1.82, 2.24) is 4.90 Å². The molecule has 1 aliphatic heterocycles. The zero-order chi connectivity index (χ0) is 14.5. The fourth-order valence-corrected chi connectivity index (χ4v) is 2.89. The number of rotatable bonds is 3. The number of benzene rings is 1. The minimum atomic E-state index is -0.107. The number of carbonyl (C=O) groups is 1. The van der Waals surface area contributed by atoms with Crippen LogP contribution in [0.4, 0.5) is 11.4 Å². The van der Waals surface area contributed by atoms with E-state index in [4.69, 9.17) is 5.73 Å². The molecule has 2 rings (SSSR count). The Morgan fingerprint density at radius 2 is 2.20 bits per heavy atom. The van der Waals surface area contributed by atoms with Crippen LogP contribution >= 0.6 is 0 Å². The molecule has 1 aliphatic rings. The van der Waals surface area contributed by atoms with Gasteiger partial charge in [-0.1, -0.05) is 18.9 Å². The van der Waals surface area contributed by atoms with Crippen LogP contribution in [0.1, 0.15) is 39.5 Å². The molecule has 1 aromatic rings. The predicted octanol–water partition coefficient (Wildman–Crippen LogP) is 2.86. The van der Waals surface area contributed by atoms with E-state index in [2.05, 4.69) is 17.1 Å². The molecule has 4 heteroatoms. The second-order valence-electron chi connectivity index (χ2n) is 5.73. The first kappa shape index (κ1) is 14.9. The van der Waals surface area contributed by atoms with E-state index in [0.717, 1.165) is 12.2 Å². The zero-order valence-electron chi connectivity index (χ0n) is 12.4. The Morgan fingerprint density at radius 1 is 1.40 bits per heavy atom. The van der Waals surface area contributed by atoms with Gasteiger partial charge in [0.15, 0.2) is 0 Å². The minimum Gasteiger partial charge on any atom is -0.399 e. The quantitative estimate of drug-likeness (QED) is 0.834. The molecule has 110 valence electrons. The Morgan fingerprint density at radius 3 is 2.95 bits per heavy atom. The smallest absolute Gasteiger partial charge is 0.241 e. The standard InChI is InChI=1S/C16H25N3O/c1-12-7-4-3-5-10-19(12)13(2)16(20)18-15-9-6-8-14(17)11-15/h6,8-9,11-13H,3-5,7,10,17H2,1-2H3,(H,18,20). The molecule has 2 atom stereocenters. The van der Waals surface area contributed by atoms with E-state index in [0.29, 0.717) is 11.7 Å². The second kappa shape index (κ2) is 6.75. The molecule has 0 spiro atoms. The van der Waals surface area contributed by atoms with Crippen molar-refractivity contribution in [2.24, 2.45) is 0 Å². The van der Waals surface area contributed by atoms with Gasteiger partial charge in [0.1, 0.15) is 0 Å². The largest absolute Gasteiger partial charge is 0.399 e. The van der Waals surface area contributed by atoms with Crippen LogP contribution in [-0.2, 0) is 4.79 Å². The average Bonchev–Trinajstić information content (AvgIpc) is 2.62. The number of hydrogen-bond acceptors (Lipinski definition) is 3. The maximum atomic E-state index is 12.4. The highest BCUT2D eigenvalue weighted by Gasteiger charge is 2.26. The highest BCUT2D eigenvalue weighted by atomic mass is 16.2. The van der Waals surface area contributed by atoms with Crippen molar-refractivity contribution in [3.05, 3.63) is 24.3 Å². The summed E-state index contributed by atoms with van der Waals surface area (Å²) in [5.74, 6) is 0.0457. The van der Waals surface area contributed by atoms with Crippen molar-refractivity contribution < 1.29 is 4.79 Å². The first-order valence-corrected chi connectivity index (χ1v) is 7.50. The first-order chi connectivity index (χ1) is 9.58. The van der Waals surface area contributed by atoms with Gasteiger partial charge in [-0.3, -0.25) is 9.69 Å². The Bertz CT molecular complexity index is 461. The number of nitrogens with one attached hydrogen (secondary N) is 1. The molecule has 0 bridgehead atoms. The molecule has 0 aromatic heterocycles. The third kappa shape index (κ3) is 3.73. The second-order valence-corrected chi connectivity index (χ2v) is 5.73. The number of nitrogens with two attached hydrogens (primary N) is 1. The summed E-state index contributed by atoms with van der Waals surface area (Å²) in [7, 11) is 0. The molecule has 0 aliphatic carbocycles. The van der Waals surface area contributed by atoms with Crippen LogP contribution < -0.4 is 11.1 Å². The van der Waals surface area contributed by atoms with Crippen molar-refractivity contribution in [3.63, 3.8) is 0 Å². The maximum Gasteiger partial charge on any atom is 0.241 e. The summed E-state index contributed by atoms with van der Waals surface area (Å²) in [6.45, 7) is 5.21. The average molecular weight is 275 g/mol. The molecule has 1 heterocycles. The fourth-order valence-electron chi connectivity index (χ4n) is 2.89. The third-order valence-corrected chi connectivity index (χ3v) is 4.14. The van der Waals surface area contributed by atoms with Crippen LogP contribution in [0.5, 0.6) is 0 Å². The molecule has 20 heavy (non-hydrogen) atoms. The summed E-state index contributed by atoms with van der Waals surface area (Å²) < 4.78 is 0. The van der Waals surface area contributed by atoms with Gasteiger partial charge >= 0.3 is 0 Å². The van der Waals surface area contributed by atoms with E-state index in [1.54, 1.807) is 6.07 Å². The van der Waals surface area contributed by atoms with Crippen LogP contribution in [0.2, 0.25) is 0 Å². The number of carbonyl (C=O) groups excluding carboxylic acids is 1. The van der Waals surface area contributed by atoms with E-state index in [9.17, 15) is 4.79 Å². The molecule has 3 N–H and O–H groups in total.